The van der Waals surface area contributed by atoms with Crippen LogP contribution in [0, 0.1) is 11.8 Å². The van der Waals surface area contributed by atoms with Crippen molar-refractivity contribution in [2.24, 2.45) is 11.8 Å². The number of halogens is 2. The Morgan fingerprint density at radius 2 is 2.11 bits per heavy atom. The van der Waals surface area contributed by atoms with Gasteiger partial charge in [-0.2, -0.15) is 0 Å². The summed E-state index contributed by atoms with van der Waals surface area (Å²) >= 11 is 7.16. The zero-order chi connectivity index (χ0) is 13.8. The first-order chi connectivity index (χ1) is 9.06. The van der Waals surface area contributed by atoms with Gasteiger partial charge in [0.15, 0.2) is 0 Å². The van der Waals surface area contributed by atoms with E-state index >= 15 is 0 Å². The topological polar surface area (TPSA) is 12.0 Å². The molecule has 106 valence electrons. The molecule has 0 bridgehead atoms. The van der Waals surface area contributed by atoms with E-state index in [0.29, 0.717) is 6.04 Å². The minimum absolute atomic E-state index is 0.403. The predicted octanol–water partition coefficient (Wildman–Crippen LogP) is 5.69. The molecule has 0 aliphatic heterocycles. The van der Waals surface area contributed by atoms with E-state index in [4.69, 9.17) is 0 Å². The Hall–Kier alpha value is 0.140. The number of benzene rings is 1. The Morgan fingerprint density at radius 3 is 2.79 bits per heavy atom. The van der Waals surface area contributed by atoms with Gasteiger partial charge in [0.25, 0.3) is 0 Å². The van der Waals surface area contributed by atoms with E-state index in [9.17, 15) is 0 Å². The number of hydrogen-bond donors (Lipinski definition) is 1. The summed E-state index contributed by atoms with van der Waals surface area (Å²) in [6.07, 6.45) is 5.61. The van der Waals surface area contributed by atoms with Crippen LogP contribution in [0.2, 0.25) is 0 Å². The number of nitrogens with one attached hydrogen (secondary N) is 1. The Labute approximate surface area is 133 Å². The van der Waals surface area contributed by atoms with Crippen molar-refractivity contribution in [3.05, 3.63) is 32.7 Å². The van der Waals surface area contributed by atoms with Crippen LogP contribution >= 0.6 is 31.9 Å². The highest BCUT2D eigenvalue weighted by atomic mass is 79.9. The molecule has 0 heterocycles. The van der Waals surface area contributed by atoms with E-state index < -0.39 is 0 Å². The zero-order valence-electron chi connectivity index (χ0n) is 11.8. The summed E-state index contributed by atoms with van der Waals surface area (Å²) in [5.41, 5.74) is 1.34. The highest BCUT2D eigenvalue weighted by Crippen LogP contribution is 2.30. The van der Waals surface area contributed by atoms with Gasteiger partial charge in [0.05, 0.1) is 0 Å². The Bertz CT molecular complexity index is 419. The minimum Gasteiger partial charge on any atom is -0.310 e. The second-order valence-corrected chi connectivity index (χ2v) is 7.70. The van der Waals surface area contributed by atoms with Crippen molar-refractivity contribution in [3.8, 4) is 0 Å². The fraction of sp³-hybridized carbons (Fsp3) is 0.625. The van der Waals surface area contributed by atoms with Crippen molar-refractivity contribution >= 4 is 31.9 Å². The van der Waals surface area contributed by atoms with Crippen LogP contribution < -0.4 is 5.32 Å². The van der Waals surface area contributed by atoms with E-state index in [1.54, 1.807) is 0 Å². The van der Waals surface area contributed by atoms with Crippen molar-refractivity contribution in [3.63, 3.8) is 0 Å². The second kappa shape index (κ2) is 7.24. The number of rotatable bonds is 4. The van der Waals surface area contributed by atoms with E-state index in [0.717, 1.165) is 22.9 Å². The Kier molecular flexibility index (Phi) is 5.91. The lowest BCUT2D eigenvalue weighted by atomic mass is 9.82. The zero-order valence-corrected chi connectivity index (χ0v) is 14.9. The first-order valence-electron chi connectivity index (χ1n) is 7.24. The molecule has 0 saturated heterocycles. The first kappa shape index (κ1) is 15.5. The minimum atomic E-state index is 0.403. The normalized spacial score (nSPS) is 25.3. The van der Waals surface area contributed by atoms with Gasteiger partial charge < -0.3 is 5.32 Å². The largest absolute Gasteiger partial charge is 0.310 e. The maximum absolute atomic E-state index is 3.70. The lowest BCUT2D eigenvalue weighted by molar-refractivity contribution is 0.268. The molecule has 2 rings (SSSR count). The molecule has 1 N–H and O–H groups in total. The molecule has 0 amide bonds. The highest BCUT2D eigenvalue weighted by molar-refractivity contribution is 9.11. The summed E-state index contributed by atoms with van der Waals surface area (Å²) in [6, 6.07) is 6.83. The summed E-state index contributed by atoms with van der Waals surface area (Å²) in [5.74, 6) is 1.77. The lowest BCUT2D eigenvalue weighted by Crippen LogP contribution is -2.28. The summed E-state index contributed by atoms with van der Waals surface area (Å²) in [7, 11) is 0. The fourth-order valence-electron chi connectivity index (χ4n) is 3.05. The molecule has 1 nitrogen and oxygen atoms in total. The molecule has 0 radical (unpaired) electrons. The van der Waals surface area contributed by atoms with Crippen LogP contribution in [0.25, 0.3) is 0 Å². The third-order valence-electron chi connectivity index (χ3n) is 4.19. The predicted molar refractivity (Wildman–Crippen MR) is 89.4 cm³/mol. The molecule has 0 spiro atoms. The van der Waals surface area contributed by atoms with E-state index in [1.807, 2.05) is 0 Å². The standard InChI is InChI=1S/C16H23Br2N/c1-11-4-3-5-13(8-11)10-19-12(2)15-7-6-14(17)9-16(15)18/h6-7,9,11-13,19H,3-5,8,10H2,1-2H3. The molecule has 1 saturated carbocycles. The van der Waals surface area contributed by atoms with Crippen LogP contribution in [0.15, 0.2) is 27.1 Å². The van der Waals surface area contributed by atoms with E-state index in [2.05, 4.69) is 69.2 Å². The smallest absolute Gasteiger partial charge is 0.0303 e. The van der Waals surface area contributed by atoms with Gasteiger partial charge >= 0.3 is 0 Å². The highest BCUT2D eigenvalue weighted by Gasteiger charge is 2.19. The summed E-state index contributed by atoms with van der Waals surface area (Å²) < 4.78 is 2.30. The van der Waals surface area contributed by atoms with Gasteiger partial charge in [0.1, 0.15) is 0 Å². The van der Waals surface area contributed by atoms with Gasteiger partial charge in [-0.1, -0.05) is 57.7 Å². The molecule has 3 heteroatoms. The molecule has 3 unspecified atom stereocenters. The average Bonchev–Trinajstić information content (AvgIpc) is 2.36. The van der Waals surface area contributed by atoms with E-state index in [1.165, 1.54) is 35.7 Å². The van der Waals surface area contributed by atoms with Gasteiger partial charge in [-0.05, 0) is 55.8 Å². The van der Waals surface area contributed by atoms with E-state index in [-0.39, 0.29) is 0 Å². The van der Waals surface area contributed by atoms with Gasteiger partial charge in [0.2, 0.25) is 0 Å². The van der Waals surface area contributed by atoms with Crippen molar-refractivity contribution in [2.75, 3.05) is 6.54 Å². The number of hydrogen-bond acceptors (Lipinski definition) is 1. The lowest BCUT2D eigenvalue weighted by Gasteiger charge is -2.28. The molecule has 3 atom stereocenters. The third kappa shape index (κ3) is 4.57. The van der Waals surface area contributed by atoms with Crippen molar-refractivity contribution in [2.45, 2.75) is 45.6 Å². The molecule has 0 aromatic heterocycles. The van der Waals surface area contributed by atoms with Crippen LogP contribution in [-0.4, -0.2) is 6.54 Å². The molecular formula is C16H23Br2N. The van der Waals surface area contributed by atoms with Crippen LogP contribution in [0.4, 0.5) is 0 Å². The third-order valence-corrected chi connectivity index (χ3v) is 5.37. The van der Waals surface area contributed by atoms with Crippen molar-refractivity contribution in [1.29, 1.82) is 0 Å². The van der Waals surface area contributed by atoms with Crippen LogP contribution in [0.5, 0.6) is 0 Å². The molecule has 1 aromatic rings. The summed E-state index contributed by atoms with van der Waals surface area (Å²) in [6.45, 7) is 5.79. The van der Waals surface area contributed by atoms with Gasteiger partial charge in [-0.25, -0.2) is 0 Å². The maximum atomic E-state index is 3.70. The quantitative estimate of drug-likeness (QED) is 0.698. The molecule has 1 aliphatic rings. The molecule has 1 aliphatic carbocycles. The summed E-state index contributed by atoms with van der Waals surface area (Å²) in [5, 5.41) is 3.70. The molecular weight excluding hydrogens is 366 g/mol. The van der Waals surface area contributed by atoms with Crippen molar-refractivity contribution in [1.82, 2.24) is 5.32 Å². The van der Waals surface area contributed by atoms with Crippen LogP contribution in [0.3, 0.4) is 0 Å². The van der Waals surface area contributed by atoms with Crippen LogP contribution in [-0.2, 0) is 0 Å². The molecule has 1 fully saturated rings. The molecule has 19 heavy (non-hydrogen) atoms. The van der Waals surface area contributed by atoms with Crippen molar-refractivity contribution < 1.29 is 0 Å². The van der Waals surface area contributed by atoms with Gasteiger partial charge in [-0.15, -0.1) is 0 Å². The molecule has 1 aromatic carbocycles. The maximum Gasteiger partial charge on any atom is 0.0303 e. The average molecular weight is 389 g/mol. The second-order valence-electron chi connectivity index (χ2n) is 5.93. The first-order valence-corrected chi connectivity index (χ1v) is 8.83. The van der Waals surface area contributed by atoms with Gasteiger partial charge in [-0.3, -0.25) is 0 Å². The fourth-order valence-corrected chi connectivity index (χ4v) is 4.44. The summed E-state index contributed by atoms with van der Waals surface area (Å²) in [4.78, 5) is 0. The SMILES string of the molecule is CC1CCCC(CNC(C)c2ccc(Br)cc2Br)C1. The van der Waals surface area contributed by atoms with Gasteiger partial charge in [0, 0.05) is 15.0 Å². The van der Waals surface area contributed by atoms with Crippen LogP contribution in [0.1, 0.15) is 51.1 Å². The Balaban J connectivity index is 1.88. The Morgan fingerprint density at radius 1 is 1.32 bits per heavy atom. The monoisotopic (exact) mass is 387 g/mol.